The maximum Gasteiger partial charge on any atom is 0.275 e. The summed E-state index contributed by atoms with van der Waals surface area (Å²) in [5.41, 5.74) is -1.58. The molecule has 1 N–H and O–H groups in total. The normalized spacial score (nSPS) is 10.8. The van der Waals surface area contributed by atoms with Crippen molar-refractivity contribution in [3.8, 4) is 0 Å². The van der Waals surface area contributed by atoms with Crippen LogP contribution in [-0.2, 0) is 7.05 Å². The number of nitrogens with zero attached hydrogens (tertiary/aromatic N) is 2. The Balaban J connectivity index is 2.48. The number of hydrogen-bond donors (Lipinski definition) is 1. The number of hydrogen-bond acceptors (Lipinski definition) is 2. The number of amides is 1. The first kappa shape index (κ1) is 15.4. The molecular formula is C11H5BrF5N3O. The lowest BCUT2D eigenvalue weighted by molar-refractivity contribution is 0.101. The van der Waals surface area contributed by atoms with E-state index in [1.807, 2.05) is 0 Å². The molecule has 0 saturated heterocycles. The summed E-state index contributed by atoms with van der Waals surface area (Å²) >= 11 is 2.97. The Morgan fingerprint density at radius 3 is 2.00 bits per heavy atom. The molecule has 0 bridgehead atoms. The molecule has 2 rings (SSSR count). The second-order valence-corrected chi connectivity index (χ2v) is 4.72. The Labute approximate surface area is 122 Å². The summed E-state index contributed by atoms with van der Waals surface area (Å²) in [5.74, 6) is -11.9. The summed E-state index contributed by atoms with van der Waals surface area (Å²) in [5, 5.41) is 5.33. The number of anilines is 1. The minimum absolute atomic E-state index is 0.154. The van der Waals surface area contributed by atoms with Gasteiger partial charge in [0, 0.05) is 7.05 Å². The Bertz CT molecular complexity index is 697. The number of carbonyl (C=O) groups is 1. The van der Waals surface area contributed by atoms with Crippen molar-refractivity contribution in [2.75, 3.05) is 5.32 Å². The van der Waals surface area contributed by atoms with Gasteiger partial charge in [0.25, 0.3) is 5.91 Å². The van der Waals surface area contributed by atoms with Crippen LogP contribution in [0.2, 0.25) is 0 Å². The molecule has 1 aromatic carbocycles. The Morgan fingerprint density at radius 2 is 1.57 bits per heavy atom. The van der Waals surface area contributed by atoms with Crippen LogP contribution < -0.4 is 5.32 Å². The zero-order valence-corrected chi connectivity index (χ0v) is 11.7. The van der Waals surface area contributed by atoms with E-state index >= 15 is 0 Å². The van der Waals surface area contributed by atoms with Crippen LogP contribution in [0.1, 0.15) is 10.5 Å². The van der Waals surface area contributed by atoms with Crippen LogP contribution in [0.15, 0.2) is 10.7 Å². The largest absolute Gasteiger partial charge is 0.315 e. The van der Waals surface area contributed by atoms with Gasteiger partial charge in [-0.3, -0.25) is 9.48 Å². The van der Waals surface area contributed by atoms with Gasteiger partial charge in [-0.25, -0.2) is 22.0 Å². The summed E-state index contributed by atoms with van der Waals surface area (Å²) in [4.78, 5) is 11.9. The van der Waals surface area contributed by atoms with Gasteiger partial charge < -0.3 is 5.32 Å². The van der Waals surface area contributed by atoms with Crippen molar-refractivity contribution in [3.05, 3.63) is 45.4 Å². The molecule has 1 amide bonds. The highest BCUT2D eigenvalue weighted by Crippen LogP contribution is 2.28. The third-order valence-electron chi connectivity index (χ3n) is 2.56. The zero-order chi connectivity index (χ0) is 15.9. The molecule has 0 aliphatic carbocycles. The monoisotopic (exact) mass is 369 g/mol. The highest BCUT2D eigenvalue weighted by Gasteiger charge is 2.28. The van der Waals surface area contributed by atoms with Gasteiger partial charge in [-0.05, 0) is 15.9 Å². The number of nitrogens with one attached hydrogen (secondary N) is 1. The van der Waals surface area contributed by atoms with E-state index in [0.29, 0.717) is 0 Å². The minimum Gasteiger partial charge on any atom is -0.315 e. The first-order valence-electron chi connectivity index (χ1n) is 5.26. The van der Waals surface area contributed by atoms with Gasteiger partial charge in [0.1, 0.15) is 11.4 Å². The topological polar surface area (TPSA) is 46.9 Å². The molecule has 2 aromatic rings. The van der Waals surface area contributed by atoms with E-state index in [0.717, 1.165) is 4.68 Å². The zero-order valence-electron chi connectivity index (χ0n) is 10.1. The first-order valence-corrected chi connectivity index (χ1v) is 6.05. The average Bonchev–Trinajstić information content (AvgIpc) is 2.78. The number of aryl methyl sites for hydroxylation is 1. The molecule has 0 atom stereocenters. The van der Waals surface area contributed by atoms with Crippen LogP contribution in [0.5, 0.6) is 0 Å². The van der Waals surface area contributed by atoms with E-state index in [4.69, 9.17) is 0 Å². The van der Waals surface area contributed by atoms with Crippen LogP contribution in [0.25, 0.3) is 0 Å². The lowest BCUT2D eigenvalue weighted by atomic mass is 10.2. The van der Waals surface area contributed by atoms with Gasteiger partial charge in [-0.1, -0.05) is 0 Å². The third-order valence-corrected chi connectivity index (χ3v) is 3.14. The van der Waals surface area contributed by atoms with Gasteiger partial charge in [-0.2, -0.15) is 5.10 Å². The van der Waals surface area contributed by atoms with Crippen molar-refractivity contribution in [1.29, 1.82) is 0 Å². The van der Waals surface area contributed by atoms with Crippen LogP contribution in [0.4, 0.5) is 27.6 Å². The Hall–Kier alpha value is -1.97. The number of carbonyl (C=O) groups excluding carboxylic acids is 1. The second kappa shape index (κ2) is 5.43. The number of halogens is 6. The van der Waals surface area contributed by atoms with Gasteiger partial charge in [0.05, 0.1) is 10.7 Å². The number of benzene rings is 1. The van der Waals surface area contributed by atoms with E-state index in [1.54, 1.807) is 5.32 Å². The first-order chi connectivity index (χ1) is 9.75. The fraction of sp³-hybridized carbons (Fsp3) is 0.0909. The highest BCUT2D eigenvalue weighted by atomic mass is 79.9. The predicted octanol–water partition coefficient (Wildman–Crippen LogP) is 3.13. The van der Waals surface area contributed by atoms with Crippen LogP contribution in [0, 0.1) is 29.1 Å². The van der Waals surface area contributed by atoms with Crippen LogP contribution >= 0.6 is 15.9 Å². The summed E-state index contributed by atoms with van der Waals surface area (Å²) in [7, 11) is 1.36. The maximum atomic E-state index is 13.4. The fourth-order valence-electron chi connectivity index (χ4n) is 1.55. The van der Waals surface area contributed by atoms with E-state index < -0.39 is 40.7 Å². The smallest absolute Gasteiger partial charge is 0.275 e. The van der Waals surface area contributed by atoms with Crippen molar-refractivity contribution < 1.29 is 26.7 Å². The van der Waals surface area contributed by atoms with E-state index in [-0.39, 0.29) is 10.2 Å². The molecule has 1 heterocycles. The predicted molar refractivity (Wildman–Crippen MR) is 65.1 cm³/mol. The molecule has 0 unspecified atom stereocenters. The highest BCUT2D eigenvalue weighted by molar-refractivity contribution is 9.10. The quantitative estimate of drug-likeness (QED) is 0.502. The van der Waals surface area contributed by atoms with Crippen molar-refractivity contribution in [2.24, 2.45) is 7.05 Å². The molecule has 21 heavy (non-hydrogen) atoms. The Kier molecular flexibility index (Phi) is 3.99. The maximum absolute atomic E-state index is 13.4. The molecule has 0 radical (unpaired) electrons. The third kappa shape index (κ3) is 2.50. The minimum atomic E-state index is -2.30. The van der Waals surface area contributed by atoms with Crippen LogP contribution in [0.3, 0.4) is 0 Å². The number of rotatable bonds is 2. The van der Waals surface area contributed by atoms with Crippen molar-refractivity contribution in [2.45, 2.75) is 0 Å². The molecule has 1 aromatic heterocycles. The fourth-order valence-corrected chi connectivity index (χ4v) is 2.08. The molecule has 0 aliphatic rings. The number of aromatic nitrogens is 2. The molecular weight excluding hydrogens is 365 g/mol. The molecule has 0 fully saturated rings. The summed E-state index contributed by atoms with van der Waals surface area (Å²) in [6.45, 7) is 0. The second-order valence-electron chi connectivity index (χ2n) is 3.86. The van der Waals surface area contributed by atoms with Crippen LogP contribution in [-0.4, -0.2) is 15.7 Å². The lowest BCUT2D eigenvalue weighted by Crippen LogP contribution is -2.20. The molecule has 0 spiro atoms. The average molecular weight is 370 g/mol. The Morgan fingerprint density at radius 1 is 1.10 bits per heavy atom. The molecule has 0 saturated carbocycles. The van der Waals surface area contributed by atoms with Gasteiger partial charge in [0.2, 0.25) is 5.82 Å². The van der Waals surface area contributed by atoms with Crippen molar-refractivity contribution >= 4 is 27.5 Å². The molecule has 112 valence electrons. The molecule has 0 aliphatic heterocycles. The van der Waals surface area contributed by atoms with Crippen molar-refractivity contribution in [3.63, 3.8) is 0 Å². The summed E-state index contributed by atoms with van der Waals surface area (Å²) in [6.07, 6.45) is 1.23. The van der Waals surface area contributed by atoms with Crippen molar-refractivity contribution in [1.82, 2.24) is 9.78 Å². The molecule has 4 nitrogen and oxygen atoms in total. The summed E-state index contributed by atoms with van der Waals surface area (Å²) in [6, 6.07) is 0. The lowest BCUT2D eigenvalue weighted by Gasteiger charge is -2.10. The standard InChI is InChI=1S/C11H5BrF5N3O/c1-20-10(3(12)2-18-20)11(21)19-9-7(16)5(14)4(13)6(15)8(9)17/h2H,1H3,(H,19,21). The van der Waals surface area contributed by atoms with E-state index in [1.165, 1.54) is 13.2 Å². The van der Waals surface area contributed by atoms with Gasteiger partial charge >= 0.3 is 0 Å². The summed E-state index contributed by atoms with van der Waals surface area (Å²) < 4.78 is 67.0. The van der Waals surface area contributed by atoms with E-state index in [9.17, 15) is 26.7 Å². The molecule has 10 heteroatoms. The SMILES string of the molecule is Cn1ncc(Br)c1C(=O)Nc1c(F)c(F)c(F)c(F)c1F. The van der Waals surface area contributed by atoms with E-state index in [2.05, 4.69) is 21.0 Å². The van der Waals surface area contributed by atoms with Gasteiger partial charge in [-0.15, -0.1) is 0 Å². The van der Waals surface area contributed by atoms with Gasteiger partial charge in [0.15, 0.2) is 23.3 Å².